The smallest absolute Gasteiger partial charge is 0.266 e. The lowest BCUT2D eigenvalue weighted by molar-refractivity contribution is 0.642. The number of aromatic amines is 1. The van der Waals surface area contributed by atoms with Gasteiger partial charge in [0.2, 0.25) is 0 Å². The van der Waals surface area contributed by atoms with Crippen LogP contribution in [0.3, 0.4) is 0 Å². The number of nitrogens with zero attached hydrogens (tertiary/aromatic N) is 5. The van der Waals surface area contributed by atoms with Gasteiger partial charge in [0.05, 0.1) is 5.69 Å². The molecule has 0 saturated carbocycles. The van der Waals surface area contributed by atoms with Crippen LogP contribution in [0.5, 0.6) is 0 Å². The van der Waals surface area contributed by atoms with E-state index in [1.165, 1.54) is 0 Å². The van der Waals surface area contributed by atoms with Crippen molar-refractivity contribution >= 4 is 11.5 Å². The van der Waals surface area contributed by atoms with E-state index in [-0.39, 0.29) is 5.56 Å². The summed E-state index contributed by atoms with van der Waals surface area (Å²) in [7, 11) is 0. The fourth-order valence-corrected chi connectivity index (χ4v) is 3.66. The van der Waals surface area contributed by atoms with E-state index in [4.69, 9.17) is 0 Å². The van der Waals surface area contributed by atoms with Gasteiger partial charge in [-0.15, -0.1) is 0 Å². The van der Waals surface area contributed by atoms with Crippen LogP contribution < -0.4 is 15.4 Å². The van der Waals surface area contributed by atoms with E-state index < -0.39 is 0 Å². The highest BCUT2D eigenvalue weighted by Gasteiger charge is 2.23. The molecule has 2 aromatic heterocycles. The summed E-state index contributed by atoms with van der Waals surface area (Å²) >= 11 is 0. The third-order valence-corrected chi connectivity index (χ3v) is 5.23. The first-order chi connectivity index (χ1) is 13.5. The van der Waals surface area contributed by atoms with Crippen molar-refractivity contribution in [2.75, 3.05) is 36.0 Å². The van der Waals surface area contributed by atoms with Crippen LogP contribution in [0.15, 0.2) is 41.2 Å². The third-order valence-electron chi connectivity index (χ3n) is 5.23. The van der Waals surface area contributed by atoms with Gasteiger partial charge in [-0.25, -0.2) is 15.1 Å². The summed E-state index contributed by atoms with van der Waals surface area (Å²) in [6.07, 6.45) is 0. The van der Waals surface area contributed by atoms with E-state index in [2.05, 4.69) is 36.9 Å². The summed E-state index contributed by atoms with van der Waals surface area (Å²) in [5.41, 5.74) is 4.64. The molecule has 3 heterocycles. The molecule has 1 aliphatic rings. The number of H-pyrrole nitrogens is 1. The first-order valence-electron chi connectivity index (χ1n) is 9.50. The molecule has 0 atom stereocenters. The zero-order valence-corrected chi connectivity index (χ0v) is 16.4. The molecule has 144 valence electrons. The van der Waals surface area contributed by atoms with Gasteiger partial charge < -0.3 is 9.80 Å². The second-order valence-electron chi connectivity index (χ2n) is 7.11. The fourth-order valence-electron chi connectivity index (χ4n) is 3.66. The Bertz CT molecular complexity index is 1040. The molecule has 1 saturated heterocycles. The van der Waals surface area contributed by atoms with Crippen molar-refractivity contribution < 1.29 is 0 Å². The number of hydrogen-bond donors (Lipinski definition) is 1. The number of hydrogen-bond acceptors (Lipinski definition) is 6. The van der Waals surface area contributed by atoms with E-state index in [1.54, 1.807) is 6.07 Å². The topological polar surface area (TPSA) is 78.0 Å². The molecule has 1 fully saturated rings. The summed E-state index contributed by atoms with van der Waals surface area (Å²) in [4.78, 5) is 25.6. The van der Waals surface area contributed by atoms with Gasteiger partial charge >= 0.3 is 0 Å². The summed E-state index contributed by atoms with van der Waals surface area (Å²) in [6.45, 7) is 9.29. The lowest BCUT2D eigenvalue weighted by Crippen LogP contribution is -2.47. The van der Waals surface area contributed by atoms with Gasteiger partial charge in [0.15, 0.2) is 0 Å². The number of piperazine rings is 1. The van der Waals surface area contributed by atoms with Gasteiger partial charge in [-0.1, -0.05) is 30.3 Å². The maximum atomic E-state index is 11.9. The van der Waals surface area contributed by atoms with E-state index in [9.17, 15) is 4.79 Å². The molecule has 1 aliphatic heterocycles. The largest absolute Gasteiger partial charge is 0.366 e. The zero-order chi connectivity index (χ0) is 19.7. The van der Waals surface area contributed by atoms with Crippen LogP contribution >= 0.6 is 0 Å². The second-order valence-corrected chi connectivity index (χ2v) is 7.11. The molecule has 4 rings (SSSR count). The average molecular weight is 376 g/mol. The molecule has 7 heteroatoms. The number of aryl methyl sites for hydroxylation is 2. The Hall–Kier alpha value is -3.22. The number of anilines is 2. The van der Waals surface area contributed by atoms with Crippen LogP contribution in [-0.2, 0) is 0 Å². The van der Waals surface area contributed by atoms with Crippen molar-refractivity contribution in [1.82, 2.24) is 20.2 Å². The van der Waals surface area contributed by atoms with Gasteiger partial charge in [0.25, 0.3) is 5.56 Å². The Morgan fingerprint density at radius 3 is 2.32 bits per heavy atom. The summed E-state index contributed by atoms with van der Waals surface area (Å²) < 4.78 is 0. The fraction of sp³-hybridized carbons (Fsp3) is 0.333. The zero-order valence-electron chi connectivity index (χ0n) is 16.4. The van der Waals surface area contributed by atoms with E-state index >= 15 is 0 Å². The Morgan fingerprint density at radius 1 is 0.929 bits per heavy atom. The van der Waals surface area contributed by atoms with Gasteiger partial charge in [0, 0.05) is 49.1 Å². The molecular formula is C21H24N6O. The molecule has 0 amide bonds. The molecule has 0 unspecified atom stereocenters. The van der Waals surface area contributed by atoms with Gasteiger partial charge in [0.1, 0.15) is 17.3 Å². The first kappa shape index (κ1) is 18.2. The molecule has 7 nitrogen and oxygen atoms in total. The lowest BCUT2D eigenvalue weighted by atomic mass is 10.1. The maximum absolute atomic E-state index is 11.9. The van der Waals surface area contributed by atoms with Gasteiger partial charge in [-0.05, 0) is 20.8 Å². The predicted molar refractivity (Wildman–Crippen MR) is 111 cm³/mol. The van der Waals surface area contributed by atoms with Crippen molar-refractivity contribution in [1.29, 1.82) is 0 Å². The van der Waals surface area contributed by atoms with E-state index in [1.807, 2.05) is 44.2 Å². The SMILES string of the molecule is Cc1nc(C)c(C)c(N2CCN(c3cc(=O)[nH]nc3-c3ccccc3)CC2)n1. The number of nitrogens with one attached hydrogen (secondary N) is 1. The Morgan fingerprint density at radius 2 is 1.61 bits per heavy atom. The number of benzene rings is 1. The van der Waals surface area contributed by atoms with Crippen LogP contribution in [-0.4, -0.2) is 46.3 Å². The third kappa shape index (κ3) is 3.47. The molecule has 28 heavy (non-hydrogen) atoms. The molecule has 0 spiro atoms. The highest BCUT2D eigenvalue weighted by atomic mass is 16.1. The Labute approximate surface area is 164 Å². The summed E-state index contributed by atoms with van der Waals surface area (Å²) in [5.74, 6) is 1.81. The predicted octanol–water partition coefficient (Wildman–Crippen LogP) is 2.48. The number of rotatable bonds is 3. The second kappa shape index (κ2) is 7.42. The van der Waals surface area contributed by atoms with Crippen LogP contribution in [0.2, 0.25) is 0 Å². The molecule has 0 aliphatic carbocycles. The quantitative estimate of drug-likeness (QED) is 0.757. The number of aromatic nitrogens is 4. The molecule has 1 aromatic carbocycles. The molecule has 0 radical (unpaired) electrons. The standard InChI is InChI=1S/C21H24N6O/c1-14-15(2)22-16(3)23-21(14)27-11-9-26(10-12-27)18-13-19(28)24-25-20(18)17-7-5-4-6-8-17/h4-8,13H,9-12H2,1-3H3,(H,24,28). The minimum absolute atomic E-state index is 0.185. The van der Waals surface area contributed by atoms with E-state index in [0.29, 0.717) is 0 Å². The summed E-state index contributed by atoms with van der Waals surface area (Å²) in [6, 6.07) is 11.6. The summed E-state index contributed by atoms with van der Waals surface area (Å²) in [5, 5.41) is 6.90. The van der Waals surface area contributed by atoms with Crippen LogP contribution in [0.1, 0.15) is 17.1 Å². The van der Waals surface area contributed by atoms with E-state index in [0.717, 1.165) is 66.0 Å². The van der Waals surface area contributed by atoms with Gasteiger partial charge in [-0.3, -0.25) is 4.79 Å². The maximum Gasteiger partial charge on any atom is 0.266 e. The normalized spacial score (nSPS) is 14.4. The first-order valence-corrected chi connectivity index (χ1v) is 9.50. The minimum atomic E-state index is -0.185. The van der Waals surface area contributed by atoms with Crippen molar-refractivity contribution in [3.8, 4) is 11.3 Å². The minimum Gasteiger partial charge on any atom is -0.366 e. The Balaban J connectivity index is 1.60. The molecular weight excluding hydrogens is 352 g/mol. The van der Waals surface area contributed by atoms with Crippen molar-refractivity contribution in [2.24, 2.45) is 0 Å². The Kier molecular flexibility index (Phi) is 4.81. The monoisotopic (exact) mass is 376 g/mol. The van der Waals surface area contributed by atoms with Crippen molar-refractivity contribution in [3.05, 3.63) is 63.8 Å². The molecule has 1 N–H and O–H groups in total. The van der Waals surface area contributed by atoms with Crippen molar-refractivity contribution in [3.63, 3.8) is 0 Å². The highest BCUT2D eigenvalue weighted by Crippen LogP contribution is 2.29. The van der Waals surface area contributed by atoms with Crippen LogP contribution in [0.4, 0.5) is 11.5 Å². The van der Waals surface area contributed by atoms with Gasteiger partial charge in [-0.2, -0.15) is 5.10 Å². The molecule has 0 bridgehead atoms. The van der Waals surface area contributed by atoms with Crippen LogP contribution in [0, 0.1) is 20.8 Å². The van der Waals surface area contributed by atoms with Crippen LogP contribution in [0.25, 0.3) is 11.3 Å². The lowest BCUT2D eigenvalue weighted by Gasteiger charge is -2.37. The highest BCUT2D eigenvalue weighted by molar-refractivity contribution is 5.74. The van der Waals surface area contributed by atoms with Crippen molar-refractivity contribution in [2.45, 2.75) is 20.8 Å². The molecule has 3 aromatic rings. The average Bonchev–Trinajstić information content (AvgIpc) is 2.71.